The molecule has 2 rings (SSSR count). The first-order valence-corrected chi connectivity index (χ1v) is 15.3. The number of amides is 1. The van der Waals surface area contributed by atoms with E-state index in [9.17, 15) is 4.79 Å². The molecule has 0 radical (unpaired) electrons. The molecule has 1 fully saturated rings. The molecule has 0 atom stereocenters. The number of hydrogen-bond acceptors (Lipinski definition) is 4. The molecule has 0 bridgehead atoms. The summed E-state index contributed by atoms with van der Waals surface area (Å²) in [5.41, 5.74) is -0.222. The number of ether oxygens (including phenoxy) is 1. The molecule has 1 aliphatic rings. The van der Waals surface area contributed by atoms with Gasteiger partial charge in [0, 0.05) is 11.3 Å². The van der Waals surface area contributed by atoms with Crippen molar-refractivity contribution in [2.24, 2.45) is 5.41 Å². The van der Waals surface area contributed by atoms with Crippen LogP contribution in [0.4, 0.5) is 0 Å². The predicted molar refractivity (Wildman–Crippen MR) is 149 cm³/mol. The van der Waals surface area contributed by atoms with Crippen molar-refractivity contribution in [2.45, 2.75) is 85.5 Å². The first kappa shape index (κ1) is 29.3. The fraction of sp³-hybridized carbons (Fsp3) is 0.731. The van der Waals surface area contributed by atoms with Crippen LogP contribution in [0.15, 0.2) is 12.1 Å². The molecule has 5 nitrogen and oxygen atoms in total. The molecule has 1 N–H and O–H groups in total. The second-order valence-corrected chi connectivity index (χ2v) is 18.2. The van der Waals surface area contributed by atoms with Crippen LogP contribution in [-0.2, 0) is 9.31 Å². The standard InChI is InChI=1S/C26H45BClNO4S/c1-23(2,3)17-24(4,5)29-22(30)19-15-18(27-32-25(6,7)26(8,9)33-27)16-20(28)21(19)31-13-14-34(10,11)12/h15-16H,13-14,17H2,1-12H3,(H,29,30). The molecule has 0 spiro atoms. The molecule has 1 heterocycles. The Morgan fingerprint density at radius 2 is 1.59 bits per heavy atom. The molecule has 34 heavy (non-hydrogen) atoms. The van der Waals surface area contributed by atoms with E-state index in [1.807, 2.05) is 41.5 Å². The van der Waals surface area contributed by atoms with E-state index in [-0.39, 0.29) is 11.3 Å². The second kappa shape index (κ2) is 9.87. The maximum Gasteiger partial charge on any atom is 0.494 e. The fourth-order valence-electron chi connectivity index (χ4n) is 4.18. The second-order valence-electron chi connectivity index (χ2n) is 13.2. The summed E-state index contributed by atoms with van der Waals surface area (Å²) in [7, 11) is -1.37. The van der Waals surface area contributed by atoms with Gasteiger partial charge >= 0.3 is 7.12 Å². The Bertz CT molecular complexity index is 887. The van der Waals surface area contributed by atoms with Crippen LogP contribution in [0.1, 0.15) is 79.1 Å². The molecule has 0 aliphatic carbocycles. The molecular weight excluding hydrogens is 469 g/mol. The summed E-state index contributed by atoms with van der Waals surface area (Å²) in [6, 6.07) is 3.59. The van der Waals surface area contributed by atoms with Crippen molar-refractivity contribution < 1.29 is 18.8 Å². The fourth-order valence-corrected chi connectivity index (χ4v) is 5.05. The molecule has 0 unspecified atom stereocenters. The Labute approximate surface area is 214 Å². The molecule has 194 valence electrons. The van der Waals surface area contributed by atoms with Crippen LogP contribution in [0.2, 0.25) is 5.02 Å². The lowest BCUT2D eigenvalue weighted by atomic mass is 9.78. The van der Waals surface area contributed by atoms with Crippen LogP contribution in [0, 0.1) is 5.41 Å². The lowest BCUT2D eigenvalue weighted by molar-refractivity contribution is 0.00578. The lowest BCUT2D eigenvalue weighted by Crippen LogP contribution is -2.46. The van der Waals surface area contributed by atoms with Crippen molar-refractivity contribution in [2.75, 3.05) is 31.1 Å². The SMILES string of the molecule is CC(C)(C)CC(C)(C)NC(=O)c1cc(B2OC(C)(C)C(C)(C)O2)cc(Cl)c1OCCS(C)(C)C. The minimum absolute atomic E-state index is 0.0633. The van der Waals surface area contributed by atoms with E-state index in [0.717, 1.165) is 12.2 Å². The maximum absolute atomic E-state index is 13.6. The molecule has 1 aromatic carbocycles. The van der Waals surface area contributed by atoms with Gasteiger partial charge in [-0.2, -0.15) is 0 Å². The summed E-state index contributed by atoms with van der Waals surface area (Å²) in [4.78, 5) is 13.6. The molecular formula is C26H45BClNO4S. The van der Waals surface area contributed by atoms with Crippen LogP contribution in [0.5, 0.6) is 5.75 Å². The minimum atomic E-state index is -0.745. The van der Waals surface area contributed by atoms with Crippen molar-refractivity contribution in [1.29, 1.82) is 0 Å². The van der Waals surface area contributed by atoms with Gasteiger partial charge in [0.25, 0.3) is 5.91 Å². The normalized spacial score (nSPS) is 18.7. The molecule has 1 saturated heterocycles. The van der Waals surface area contributed by atoms with E-state index in [2.05, 4.69) is 44.9 Å². The van der Waals surface area contributed by atoms with Gasteiger partial charge in [-0.1, -0.05) is 32.4 Å². The van der Waals surface area contributed by atoms with Crippen molar-refractivity contribution in [1.82, 2.24) is 5.32 Å². The summed E-state index contributed by atoms with van der Waals surface area (Å²) < 4.78 is 18.6. The average Bonchev–Trinajstić information content (AvgIpc) is 2.79. The highest BCUT2D eigenvalue weighted by Gasteiger charge is 2.52. The van der Waals surface area contributed by atoms with Gasteiger partial charge < -0.3 is 19.4 Å². The molecule has 1 aliphatic heterocycles. The molecule has 8 heteroatoms. The van der Waals surface area contributed by atoms with E-state index >= 15 is 0 Å². The van der Waals surface area contributed by atoms with Crippen LogP contribution in [0.25, 0.3) is 0 Å². The largest absolute Gasteiger partial charge is 0.494 e. The molecule has 1 aromatic rings. The van der Waals surface area contributed by atoms with Gasteiger partial charge in [-0.25, -0.2) is 10.0 Å². The monoisotopic (exact) mass is 513 g/mol. The number of nitrogens with one attached hydrogen (secondary N) is 1. The quantitative estimate of drug-likeness (QED) is 0.456. The van der Waals surface area contributed by atoms with E-state index in [4.69, 9.17) is 25.6 Å². The molecule has 0 saturated carbocycles. The van der Waals surface area contributed by atoms with E-state index in [1.165, 1.54) is 0 Å². The zero-order chi connectivity index (χ0) is 26.3. The van der Waals surface area contributed by atoms with Crippen molar-refractivity contribution in [3.8, 4) is 5.75 Å². The zero-order valence-corrected chi connectivity index (χ0v) is 24.8. The summed E-state index contributed by atoms with van der Waals surface area (Å²) >= 11 is 6.72. The van der Waals surface area contributed by atoms with Gasteiger partial charge in [0.05, 0.1) is 28.4 Å². The van der Waals surface area contributed by atoms with Gasteiger partial charge in [-0.15, -0.1) is 0 Å². The maximum atomic E-state index is 13.6. The smallest absolute Gasteiger partial charge is 0.490 e. The first-order valence-electron chi connectivity index (χ1n) is 11.9. The molecule has 1 amide bonds. The van der Waals surface area contributed by atoms with E-state index in [0.29, 0.717) is 28.4 Å². The Morgan fingerprint density at radius 3 is 2.06 bits per heavy atom. The van der Waals surface area contributed by atoms with Gasteiger partial charge in [-0.3, -0.25) is 4.79 Å². The highest BCUT2D eigenvalue weighted by atomic mass is 35.5. The van der Waals surface area contributed by atoms with Crippen LogP contribution >= 0.6 is 21.6 Å². The van der Waals surface area contributed by atoms with Crippen molar-refractivity contribution in [3.05, 3.63) is 22.7 Å². The van der Waals surface area contributed by atoms with E-state index in [1.54, 1.807) is 12.1 Å². The number of carbonyl (C=O) groups is 1. The number of carbonyl (C=O) groups excluding carboxylic acids is 1. The summed E-state index contributed by atoms with van der Waals surface area (Å²) in [5.74, 6) is 1.11. The Kier molecular flexibility index (Phi) is 8.52. The van der Waals surface area contributed by atoms with Crippen LogP contribution < -0.4 is 15.5 Å². The minimum Gasteiger partial charge on any atom is -0.490 e. The van der Waals surface area contributed by atoms with Gasteiger partial charge in [0.1, 0.15) is 0 Å². The highest BCUT2D eigenvalue weighted by Crippen LogP contribution is 2.38. The Balaban J connectivity index is 2.44. The number of benzene rings is 1. The van der Waals surface area contributed by atoms with Gasteiger partial charge in [-0.05, 0) is 89.7 Å². The summed E-state index contributed by atoms with van der Waals surface area (Å²) in [6.45, 7) is 19.1. The third-order valence-electron chi connectivity index (χ3n) is 6.20. The van der Waals surface area contributed by atoms with Gasteiger partial charge in [0.2, 0.25) is 0 Å². The number of halogens is 1. The van der Waals surface area contributed by atoms with Gasteiger partial charge in [0.15, 0.2) is 5.75 Å². The third-order valence-corrected chi connectivity index (χ3v) is 7.87. The Hall–Kier alpha value is -0.885. The lowest BCUT2D eigenvalue weighted by Gasteiger charge is -2.33. The van der Waals surface area contributed by atoms with E-state index < -0.39 is 33.9 Å². The Morgan fingerprint density at radius 1 is 1.06 bits per heavy atom. The summed E-state index contributed by atoms with van der Waals surface area (Å²) in [5, 5.41) is 3.58. The van der Waals surface area contributed by atoms with Crippen LogP contribution in [-0.4, -0.2) is 60.9 Å². The average molecular weight is 514 g/mol. The summed E-state index contributed by atoms with van der Waals surface area (Å²) in [6.07, 6.45) is 7.53. The predicted octanol–water partition coefficient (Wildman–Crippen LogP) is 5.66. The van der Waals surface area contributed by atoms with Crippen LogP contribution in [0.3, 0.4) is 0 Å². The molecule has 0 aromatic heterocycles. The highest BCUT2D eigenvalue weighted by molar-refractivity contribution is 8.32. The number of rotatable bonds is 8. The zero-order valence-electron chi connectivity index (χ0n) is 23.3. The first-order chi connectivity index (χ1) is 15.1. The third kappa shape index (κ3) is 7.81. The van der Waals surface area contributed by atoms with Crippen molar-refractivity contribution in [3.63, 3.8) is 0 Å². The number of hydrogen-bond donors (Lipinski definition) is 1. The van der Waals surface area contributed by atoms with Crippen molar-refractivity contribution >= 4 is 40.1 Å². The topological polar surface area (TPSA) is 56.8 Å².